The molecule has 178 valence electrons. The number of nitrogens with zero attached hydrogens (tertiary/aromatic N) is 2. The topological polar surface area (TPSA) is 76.1 Å². The summed E-state index contributed by atoms with van der Waals surface area (Å²) in [5, 5.41) is 7.50. The van der Waals surface area contributed by atoms with Crippen LogP contribution in [0.4, 0.5) is 4.39 Å². The number of halogens is 2. The number of amides is 1. The summed E-state index contributed by atoms with van der Waals surface area (Å²) in [5.41, 5.74) is 1.95. The Kier molecular flexibility index (Phi) is 7.04. The van der Waals surface area contributed by atoms with Gasteiger partial charge in [-0.25, -0.2) is 14.4 Å². The average Bonchev–Trinajstić information content (AvgIpc) is 3.39. The Morgan fingerprint density at radius 3 is 2.82 bits per heavy atom. The number of aromatic nitrogens is 2. The molecule has 1 aromatic heterocycles. The number of nitrogens with one attached hydrogen (secondary N) is 2. The smallest absolute Gasteiger partial charge is 0.251 e. The van der Waals surface area contributed by atoms with Gasteiger partial charge < -0.3 is 15.4 Å². The van der Waals surface area contributed by atoms with E-state index in [1.165, 1.54) is 12.1 Å². The minimum atomic E-state index is -0.490. The van der Waals surface area contributed by atoms with E-state index in [0.717, 1.165) is 68.6 Å². The molecule has 3 heterocycles. The van der Waals surface area contributed by atoms with Crippen LogP contribution in [0.25, 0.3) is 10.9 Å². The molecule has 2 N–H and O–H groups in total. The maximum absolute atomic E-state index is 14.2. The summed E-state index contributed by atoms with van der Waals surface area (Å²) < 4.78 is 19.6. The molecule has 0 aliphatic carbocycles. The van der Waals surface area contributed by atoms with E-state index in [2.05, 4.69) is 15.6 Å². The lowest BCUT2D eigenvalue weighted by molar-refractivity contribution is 0.0660. The Labute approximate surface area is 203 Å². The molecule has 6 nitrogen and oxygen atoms in total. The van der Waals surface area contributed by atoms with Crippen molar-refractivity contribution in [2.24, 2.45) is 5.92 Å². The van der Waals surface area contributed by atoms with E-state index in [4.69, 9.17) is 21.3 Å². The van der Waals surface area contributed by atoms with Gasteiger partial charge in [0.05, 0.1) is 16.6 Å². The van der Waals surface area contributed by atoms with Crippen LogP contribution < -0.4 is 10.6 Å². The summed E-state index contributed by atoms with van der Waals surface area (Å²) in [6.07, 6.45) is 6.58. The lowest BCUT2D eigenvalue weighted by Gasteiger charge is -2.26. The second-order valence-corrected chi connectivity index (χ2v) is 9.55. The van der Waals surface area contributed by atoms with Crippen LogP contribution in [0.3, 0.4) is 0 Å². The standard InChI is InChI=1S/C26H28ClFN4O2/c27-20-6-5-17(13-21(20)28)25(22-2-1-9-29-22)32-26(33)18-3-4-19-15-30-24(31-23(19)14-18)12-16-7-10-34-11-8-16/h3-6,13-16,22,25,29H,1-2,7-12H2,(H,32,33)/t22-,25+/m1/s1. The monoisotopic (exact) mass is 482 g/mol. The van der Waals surface area contributed by atoms with Crippen molar-refractivity contribution in [3.8, 4) is 0 Å². The molecule has 0 radical (unpaired) electrons. The Balaban J connectivity index is 1.37. The van der Waals surface area contributed by atoms with Crippen molar-refractivity contribution >= 4 is 28.4 Å². The molecule has 8 heteroatoms. The third-order valence-corrected chi connectivity index (χ3v) is 7.10. The van der Waals surface area contributed by atoms with Gasteiger partial charge in [0.2, 0.25) is 0 Å². The van der Waals surface area contributed by atoms with Crippen molar-refractivity contribution in [3.05, 3.63) is 70.4 Å². The third-order valence-electron chi connectivity index (χ3n) is 6.80. The Hall–Kier alpha value is -2.61. The van der Waals surface area contributed by atoms with Crippen LogP contribution in [0.15, 0.2) is 42.6 Å². The highest BCUT2D eigenvalue weighted by molar-refractivity contribution is 6.30. The van der Waals surface area contributed by atoms with E-state index in [1.807, 2.05) is 12.3 Å². The molecule has 0 unspecified atom stereocenters. The Morgan fingerprint density at radius 2 is 2.06 bits per heavy atom. The molecule has 2 aliphatic rings. The highest BCUT2D eigenvalue weighted by atomic mass is 35.5. The maximum atomic E-state index is 14.2. The van der Waals surface area contributed by atoms with Gasteiger partial charge in [0.1, 0.15) is 11.6 Å². The van der Waals surface area contributed by atoms with Crippen molar-refractivity contribution in [1.82, 2.24) is 20.6 Å². The molecule has 2 atom stereocenters. The fourth-order valence-electron chi connectivity index (χ4n) is 4.85. The van der Waals surface area contributed by atoms with Crippen LogP contribution in [0.1, 0.15) is 53.5 Å². The predicted octanol–water partition coefficient (Wildman–Crippen LogP) is 4.61. The zero-order chi connectivity index (χ0) is 23.5. The molecule has 2 aromatic carbocycles. The average molecular weight is 483 g/mol. The molecule has 34 heavy (non-hydrogen) atoms. The molecule has 3 aromatic rings. The normalized spacial score (nSPS) is 19.9. The van der Waals surface area contributed by atoms with Crippen molar-refractivity contribution in [1.29, 1.82) is 0 Å². The van der Waals surface area contributed by atoms with E-state index in [9.17, 15) is 9.18 Å². The van der Waals surface area contributed by atoms with Gasteiger partial charge in [-0.2, -0.15) is 0 Å². The summed E-state index contributed by atoms with van der Waals surface area (Å²) >= 11 is 5.88. The van der Waals surface area contributed by atoms with Crippen LogP contribution in [0.5, 0.6) is 0 Å². The van der Waals surface area contributed by atoms with Gasteiger partial charge >= 0.3 is 0 Å². The number of carbonyl (C=O) groups is 1. The largest absolute Gasteiger partial charge is 0.381 e. The molecule has 0 bridgehead atoms. The van der Waals surface area contributed by atoms with E-state index in [-0.39, 0.29) is 23.0 Å². The van der Waals surface area contributed by atoms with Crippen LogP contribution in [-0.4, -0.2) is 41.7 Å². The Morgan fingerprint density at radius 1 is 1.21 bits per heavy atom. The lowest BCUT2D eigenvalue weighted by atomic mass is 9.96. The molecular formula is C26H28ClFN4O2. The van der Waals surface area contributed by atoms with Gasteiger partial charge in [0.15, 0.2) is 0 Å². The van der Waals surface area contributed by atoms with Crippen LogP contribution >= 0.6 is 11.6 Å². The number of carbonyl (C=O) groups excluding carboxylic acids is 1. The Bertz CT molecular complexity index is 1180. The number of benzene rings is 2. The highest BCUT2D eigenvalue weighted by Gasteiger charge is 2.28. The fraction of sp³-hybridized carbons (Fsp3) is 0.423. The van der Waals surface area contributed by atoms with Gasteiger partial charge in [-0.15, -0.1) is 0 Å². The summed E-state index contributed by atoms with van der Waals surface area (Å²) in [4.78, 5) is 22.5. The summed E-state index contributed by atoms with van der Waals surface area (Å²) in [5.74, 6) is 0.607. The second-order valence-electron chi connectivity index (χ2n) is 9.15. The van der Waals surface area contributed by atoms with Crippen LogP contribution in [-0.2, 0) is 11.2 Å². The minimum absolute atomic E-state index is 0.0263. The van der Waals surface area contributed by atoms with Gasteiger partial charge in [0.25, 0.3) is 5.91 Å². The summed E-state index contributed by atoms with van der Waals surface area (Å²) in [7, 11) is 0. The first kappa shape index (κ1) is 23.1. The number of hydrogen-bond acceptors (Lipinski definition) is 5. The molecule has 5 rings (SSSR count). The SMILES string of the molecule is O=C(N[C@@H](c1ccc(Cl)c(F)c1)[C@H]1CCCN1)c1ccc2cnc(CC3CCOCC3)nc2c1. The van der Waals surface area contributed by atoms with Gasteiger partial charge in [-0.1, -0.05) is 23.7 Å². The zero-order valence-corrected chi connectivity index (χ0v) is 19.7. The highest BCUT2D eigenvalue weighted by Crippen LogP contribution is 2.27. The first-order valence-corrected chi connectivity index (χ1v) is 12.3. The second kappa shape index (κ2) is 10.3. The van der Waals surface area contributed by atoms with Gasteiger partial charge in [-0.05, 0) is 68.0 Å². The lowest BCUT2D eigenvalue weighted by Crippen LogP contribution is -2.41. The van der Waals surface area contributed by atoms with Crippen molar-refractivity contribution in [2.45, 2.75) is 44.2 Å². The van der Waals surface area contributed by atoms with E-state index in [0.29, 0.717) is 17.0 Å². The van der Waals surface area contributed by atoms with Crippen molar-refractivity contribution < 1.29 is 13.9 Å². The van der Waals surface area contributed by atoms with E-state index >= 15 is 0 Å². The van der Waals surface area contributed by atoms with Gasteiger partial charge in [-0.3, -0.25) is 4.79 Å². The first-order chi connectivity index (χ1) is 16.6. The van der Waals surface area contributed by atoms with Gasteiger partial charge in [0, 0.05) is 42.8 Å². The minimum Gasteiger partial charge on any atom is -0.381 e. The van der Waals surface area contributed by atoms with Crippen molar-refractivity contribution in [2.75, 3.05) is 19.8 Å². The van der Waals surface area contributed by atoms with E-state index in [1.54, 1.807) is 18.2 Å². The van der Waals surface area contributed by atoms with Crippen molar-refractivity contribution in [3.63, 3.8) is 0 Å². The molecule has 2 aliphatic heterocycles. The molecule has 0 spiro atoms. The number of hydrogen-bond donors (Lipinski definition) is 2. The third kappa shape index (κ3) is 5.22. The summed E-state index contributed by atoms with van der Waals surface area (Å²) in [6.45, 7) is 2.45. The van der Waals surface area contributed by atoms with E-state index < -0.39 is 5.82 Å². The number of rotatable bonds is 6. The molecule has 2 fully saturated rings. The zero-order valence-electron chi connectivity index (χ0n) is 18.9. The van der Waals surface area contributed by atoms with Crippen LogP contribution in [0, 0.1) is 11.7 Å². The fourth-order valence-corrected chi connectivity index (χ4v) is 4.97. The molecule has 2 saturated heterocycles. The molecule has 1 amide bonds. The quantitative estimate of drug-likeness (QED) is 0.536. The summed E-state index contributed by atoms with van der Waals surface area (Å²) in [6, 6.07) is 9.82. The first-order valence-electron chi connectivity index (χ1n) is 11.9. The number of fused-ring (bicyclic) bond motifs is 1. The maximum Gasteiger partial charge on any atom is 0.251 e. The predicted molar refractivity (Wildman–Crippen MR) is 129 cm³/mol. The van der Waals surface area contributed by atoms with Crippen LogP contribution in [0.2, 0.25) is 5.02 Å². The molecular weight excluding hydrogens is 455 g/mol. The molecule has 0 saturated carbocycles. The number of ether oxygens (including phenoxy) is 1.